The van der Waals surface area contributed by atoms with Crippen LogP contribution in [0.2, 0.25) is 0 Å². The van der Waals surface area contributed by atoms with Gasteiger partial charge in [-0.2, -0.15) is 13.2 Å². The Morgan fingerprint density at radius 3 is 2.35 bits per heavy atom. The van der Waals surface area contributed by atoms with E-state index in [-0.39, 0.29) is 29.8 Å². The summed E-state index contributed by atoms with van der Waals surface area (Å²) in [4.78, 5) is 7.53. The molecule has 0 saturated carbocycles. The molecule has 1 aromatic rings. The molecule has 0 amide bonds. The van der Waals surface area contributed by atoms with Crippen molar-refractivity contribution in [2.24, 2.45) is 4.99 Å². The number of nitrogens with one attached hydrogen (secondary N) is 1. The maximum Gasteiger partial charge on any atom is 0.403 e. The first-order chi connectivity index (χ1) is 11.7. The molecule has 9 heteroatoms. The monoisotopic (exact) mass is 488 g/mol. The first kappa shape index (κ1) is 22.9. The quantitative estimate of drug-likeness (QED) is 0.307. The van der Waals surface area contributed by atoms with Gasteiger partial charge in [-0.15, -0.1) is 24.0 Å². The second-order valence-electron chi connectivity index (χ2n) is 6.22. The summed E-state index contributed by atoms with van der Waals surface area (Å²) in [6.07, 6.45) is -4.21. The molecule has 1 heterocycles. The molecule has 148 valence electrons. The zero-order chi connectivity index (χ0) is 18.6. The van der Waals surface area contributed by atoms with Crippen LogP contribution in [0.5, 0.6) is 0 Å². The summed E-state index contributed by atoms with van der Waals surface area (Å²) in [6, 6.07) is 3.58. The van der Waals surface area contributed by atoms with Crippen molar-refractivity contribution < 1.29 is 17.6 Å². The Bertz CT molecular complexity index is 613. The molecule has 2 rings (SSSR count). The Hall–Kier alpha value is -1.10. The van der Waals surface area contributed by atoms with Crippen molar-refractivity contribution in [1.29, 1.82) is 0 Å². The summed E-state index contributed by atoms with van der Waals surface area (Å²) < 4.78 is 52.0. The van der Waals surface area contributed by atoms with Crippen LogP contribution in [0.25, 0.3) is 0 Å². The number of halogens is 5. The predicted octanol–water partition coefficient (Wildman–Crippen LogP) is 3.40. The number of piperazine rings is 1. The van der Waals surface area contributed by atoms with Gasteiger partial charge in [0.25, 0.3) is 0 Å². The van der Waals surface area contributed by atoms with Gasteiger partial charge in [-0.3, -0.25) is 9.89 Å². The minimum absolute atomic E-state index is 0. The maximum absolute atomic E-state index is 13.6. The first-order valence-electron chi connectivity index (χ1n) is 8.23. The van der Waals surface area contributed by atoms with Crippen LogP contribution in [0.3, 0.4) is 0 Å². The summed E-state index contributed by atoms with van der Waals surface area (Å²) in [5, 5.41) is 3.14. The molecular formula is C17H25F4IN4. The molecule has 1 unspecified atom stereocenters. The van der Waals surface area contributed by atoms with Crippen molar-refractivity contribution in [3.8, 4) is 0 Å². The van der Waals surface area contributed by atoms with Crippen LogP contribution in [0.1, 0.15) is 18.1 Å². The average molecular weight is 488 g/mol. The molecule has 1 saturated heterocycles. The van der Waals surface area contributed by atoms with Crippen LogP contribution in [-0.4, -0.2) is 61.2 Å². The normalized spacial score (nSPS) is 17.7. The van der Waals surface area contributed by atoms with Gasteiger partial charge in [-0.1, -0.05) is 12.1 Å². The number of hydrogen-bond acceptors (Lipinski definition) is 2. The molecule has 0 aromatic heterocycles. The Morgan fingerprint density at radius 1 is 1.23 bits per heavy atom. The van der Waals surface area contributed by atoms with Crippen molar-refractivity contribution in [2.45, 2.75) is 32.6 Å². The summed E-state index contributed by atoms with van der Waals surface area (Å²) in [5.74, 6) is 0.351. The topological polar surface area (TPSA) is 30.9 Å². The van der Waals surface area contributed by atoms with Crippen molar-refractivity contribution in [3.05, 3.63) is 35.1 Å². The lowest BCUT2D eigenvalue weighted by Gasteiger charge is -2.39. The fraction of sp³-hybridized carbons (Fsp3) is 0.588. The van der Waals surface area contributed by atoms with Gasteiger partial charge in [0.15, 0.2) is 5.96 Å². The van der Waals surface area contributed by atoms with Gasteiger partial charge in [0.05, 0.1) is 0 Å². The number of alkyl halides is 3. The predicted molar refractivity (Wildman–Crippen MR) is 105 cm³/mol. The van der Waals surface area contributed by atoms with Gasteiger partial charge < -0.3 is 10.2 Å². The van der Waals surface area contributed by atoms with E-state index in [1.165, 1.54) is 17.9 Å². The van der Waals surface area contributed by atoms with E-state index in [1.807, 2.05) is 11.0 Å². The Morgan fingerprint density at radius 2 is 1.85 bits per heavy atom. The van der Waals surface area contributed by atoms with Crippen molar-refractivity contribution in [3.63, 3.8) is 0 Å². The largest absolute Gasteiger partial charge is 0.403 e. The lowest BCUT2D eigenvalue weighted by molar-refractivity contribution is -0.181. The first-order valence-corrected chi connectivity index (χ1v) is 8.23. The second-order valence-corrected chi connectivity index (χ2v) is 6.22. The van der Waals surface area contributed by atoms with Crippen LogP contribution in [0, 0.1) is 12.7 Å². The van der Waals surface area contributed by atoms with E-state index >= 15 is 0 Å². The van der Waals surface area contributed by atoms with Gasteiger partial charge >= 0.3 is 6.18 Å². The Kier molecular flexibility index (Phi) is 8.58. The van der Waals surface area contributed by atoms with Gasteiger partial charge in [0.2, 0.25) is 0 Å². The third-order valence-electron chi connectivity index (χ3n) is 4.53. The molecule has 0 bridgehead atoms. The summed E-state index contributed by atoms with van der Waals surface area (Å²) in [5.41, 5.74) is 1.37. The molecule has 26 heavy (non-hydrogen) atoms. The van der Waals surface area contributed by atoms with Gasteiger partial charge in [0, 0.05) is 39.8 Å². The molecule has 1 atom stereocenters. The highest BCUT2D eigenvalue weighted by atomic mass is 127. The second kappa shape index (κ2) is 9.72. The molecule has 0 radical (unpaired) electrons. The smallest absolute Gasteiger partial charge is 0.352 e. The molecule has 1 aliphatic heterocycles. The highest BCUT2D eigenvalue weighted by molar-refractivity contribution is 14.0. The molecular weight excluding hydrogens is 463 g/mol. The minimum atomic E-state index is -4.21. The average Bonchev–Trinajstić information content (AvgIpc) is 2.57. The van der Waals surface area contributed by atoms with Crippen molar-refractivity contribution in [2.75, 3.05) is 33.2 Å². The molecule has 4 nitrogen and oxygen atoms in total. The lowest BCUT2D eigenvalue weighted by Crippen LogP contribution is -2.56. The van der Waals surface area contributed by atoms with Crippen molar-refractivity contribution >= 4 is 29.9 Å². The number of guanidine groups is 1. The molecule has 1 aliphatic rings. The molecule has 1 N–H and O–H groups in total. The van der Waals surface area contributed by atoms with E-state index in [4.69, 9.17) is 0 Å². The highest BCUT2D eigenvalue weighted by Gasteiger charge is 2.41. The SMILES string of the molecule is CN=C(NCc1ccc(C)c(F)c1)N1CCN(C(C)C(F)(F)F)CC1.I. The number of aryl methyl sites for hydroxylation is 1. The van der Waals surface area contributed by atoms with Crippen LogP contribution < -0.4 is 5.32 Å². The van der Waals surface area contributed by atoms with E-state index in [2.05, 4.69) is 10.3 Å². The maximum atomic E-state index is 13.6. The number of aliphatic imine (C=N–C) groups is 1. The number of hydrogen-bond donors (Lipinski definition) is 1. The fourth-order valence-electron chi connectivity index (χ4n) is 2.79. The third kappa shape index (κ3) is 5.97. The van der Waals surface area contributed by atoms with E-state index in [9.17, 15) is 17.6 Å². The number of nitrogens with zero attached hydrogens (tertiary/aromatic N) is 3. The van der Waals surface area contributed by atoms with E-state index in [0.717, 1.165) is 5.56 Å². The fourth-order valence-corrected chi connectivity index (χ4v) is 2.79. The Balaban J connectivity index is 0.00000338. The van der Waals surface area contributed by atoms with Crippen molar-refractivity contribution in [1.82, 2.24) is 15.1 Å². The van der Waals surface area contributed by atoms with Gasteiger partial charge in [0.1, 0.15) is 11.9 Å². The van der Waals surface area contributed by atoms with Gasteiger partial charge in [-0.05, 0) is 31.0 Å². The van der Waals surface area contributed by atoms with Gasteiger partial charge in [-0.25, -0.2) is 4.39 Å². The lowest BCUT2D eigenvalue weighted by atomic mass is 10.1. The Labute approximate surface area is 168 Å². The summed E-state index contributed by atoms with van der Waals surface area (Å²) >= 11 is 0. The van der Waals surface area contributed by atoms with Crippen LogP contribution in [-0.2, 0) is 6.54 Å². The molecule has 0 aliphatic carbocycles. The molecule has 1 fully saturated rings. The van der Waals surface area contributed by atoms with Crippen LogP contribution >= 0.6 is 24.0 Å². The zero-order valence-electron chi connectivity index (χ0n) is 15.1. The number of rotatable bonds is 3. The van der Waals surface area contributed by atoms with Crippen LogP contribution in [0.4, 0.5) is 17.6 Å². The summed E-state index contributed by atoms with van der Waals surface area (Å²) in [7, 11) is 1.63. The third-order valence-corrected chi connectivity index (χ3v) is 4.53. The zero-order valence-corrected chi connectivity index (χ0v) is 17.4. The molecule has 1 aromatic carbocycles. The van der Waals surface area contributed by atoms with E-state index < -0.39 is 12.2 Å². The summed E-state index contributed by atoms with van der Waals surface area (Å²) in [6.45, 7) is 4.86. The standard InChI is InChI=1S/C17H24F4N4.HI/c1-12-4-5-14(10-15(12)18)11-23-16(22-3)25-8-6-24(7-9-25)13(2)17(19,20)21;/h4-5,10,13H,6-9,11H2,1-3H3,(H,22,23);1H. The highest BCUT2D eigenvalue weighted by Crippen LogP contribution is 2.25. The number of benzene rings is 1. The van der Waals surface area contributed by atoms with E-state index in [1.54, 1.807) is 20.0 Å². The molecule has 0 spiro atoms. The minimum Gasteiger partial charge on any atom is -0.352 e. The van der Waals surface area contributed by atoms with Crippen LogP contribution in [0.15, 0.2) is 23.2 Å². The van der Waals surface area contributed by atoms with E-state index in [0.29, 0.717) is 44.2 Å².